The van der Waals surface area contributed by atoms with Gasteiger partial charge in [0.15, 0.2) is 5.69 Å². The number of amides is 1. The monoisotopic (exact) mass is 537 g/mol. The van der Waals surface area contributed by atoms with E-state index in [0.717, 1.165) is 35.0 Å². The Morgan fingerprint density at radius 2 is 1.71 bits per heavy atom. The molecule has 0 saturated heterocycles. The molecule has 12 heteroatoms. The molecule has 0 bridgehead atoms. The van der Waals surface area contributed by atoms with Crippen LogP contribution in [0.4, 0.5) is 17.6 Å². The average Bonchev–Trinajstić information content (AvgIpc) is 3.25. The molecule has 0 aliphatic rings. The third-order valence-corrected chi connectivity index (χ3v) is 5.70. The van der Waals surface area contributed by atoms with E-state index in [1.807, 2.05) is 0 Å². The van der Waals surface area contributed by atoms with Gasteiger partial charge in [-0.05, 0) is 29.2 Å². The Kier molecular flexibility index (Phi) is 8.45. The molecule has 3 rings (SSSR count). The Morgan fingerprint density at radius 3 is 2.32 bits per heavy atom. The first-order chi connectivity index (χ1) is 17.7. The van der Waals surface area contributed by atoms with Crippen LogP contribution in [0.25, 0.3) is 5.69 Å². The van der Waals surface area contributed by atoms with Crippen LogP contribution in [-0.2, 0) is 11.0 Å². The molecule has 3 N–H and O–H groups in total. The highest BCUT2D eigenvalue weighted by molar-refractivity contribution is 5.93. The van der Waals surface area contributed by atoms with Gasteiger partial charge in [-0.2, -0.15) is 23.0 Å². The molecule has 1 aromatic heterocycles. The summed E-state index contributed by atoms with van der Waals surface area (Å²) in [5.41, 5.74) is -2.54. The van der Waals surface area contributed by atoms with Gasteiger partial charge in [0.2, 0.25) is 5.88 Å². The molecule has 2 aromatic carbocycles. The summed E-state index contributed by atoms with van der Waals surface area (Å²) in [6.07, 6.45) is -6.57. The van der Waals surface area contributed by atoms with Crippen LogP contribution in [0, 0.1) is 11.2 Å². The number of aliphatic hydroxyl groups excluding tert-OH is 1. The Labute approximate surface area is 215 Å². The van der Waals surface area contributed by atoms with E-state index in [2.05, 4.69) is 10.4 Å². The van der Waals surface area contributed by atoms with Crippen molar-refractivity contribution >= 4 is 11.9 Å². The van der Waals surface area contributed by atoms with Crippen LogP contribution in [-0.4, -0.2) is 44.6 Å². The minimum atomic E-state index is -4.79. The van der Waals surface area contributed by atoms with E-state index in [1.54, 1.807) is 20.8 Å². The summed E-state index contributed by atoms with van der Waals surface area (Å²) in [5.74, 6) is -3.27. The summed E-state index contributed by atoms with van der Waals surface area (Å²) in [6.45, 7) is 5.09. The molecule has 3 aromatic rings. The summed E-state index contributed by atoms with van der Waals surface area (Å²) in [5, 5.41) is 26.0. The van der Waals surface area contributed by atoms with E-state index in [4.69, 9.17) is 4.74 Å². The Hall–Kier alpha value is -3.93. The van der Waals surface area contributed by atoms with Crippen molar-refractivity contribution in [2.24, 2.45) is 5.41 Å². The fraction of sp³-hybridized carbons (Fsp3) is 0.346. The molecule has 0 aliphatic heterocycles. The van der Waals surface area contributed by atoms with Gasteiger partial charge in [0, 0.05) is 6.07 Å². The van der Waals surface area contributed by atoms with Crippen LogP contribution in [0.15, 0.2) is 54.6 Å². The fourth-order valence-electron chi connectivity index (χ4n) is 3.49. The van der Waals surface area contributed by atoms with Crippen molar-refractivity contribution in [1.29, 1.82) is 0 Å². The van der Waals surface area contributed by atoms with Crippen LogP contribution in [0.3, 0.4) is 0 Å². The third-order valence-electron chi connectivity index (χ3n) is 5.70. The van der Waals surface area contributed by atoms with E-state index in [-0.39, 0.29) is 23.9 Å². The maximum absolute atomic E-state index is 14.5. The van der Waals surface area contributed by atoms with Crippen LogP contribution >= 0.6 is 0 Å². The minimum Gasteiger partial charge on any atom is -0.481 e. The van der Waals surface area contributed by atoms with Crippen molar-refractivity contribution in [1.82, 2.24) is 15.1 Å². The number of aliphatic carboxylic acids is 1. The van der Waals surface area contributed by atoms with Gasteiger partial charge in [-0.25, -0.2) is 4.39 Å². The number of halogens is 4. The zero-order valence-corrected chi connectivity index (χ0v) is 20.8. The van der Waals surface area contributed by atoms with Gasteiger partial charge in [-0.15, -0.1) is 0 Å². The number of carbonyl (C=O) groups is 2. The lowest BCUT2D eigenvalue weighted by Crippen LogP contribution is -2.32. The summed E-state index contributed by atoms with van der Waals surface area (Å²) in [7, 11) is 0. The maximum atomic E-state index is 14.5. The maximum Gasteiger partial charge on any atom is 0.416 e. The topological polar surface area (TPSA) is 114 Å². The summed E-state index contributed by atoms with van der Waals surface area (Å²) in [4.78, 5) is 24.5. The lowest BCUT2D eigenvalue weighted by molar-refractivity contribution is -0.140. The normalized spacial score (nSPS) is 13.6. The van der Waals surface area contributed by atoms with E-state index >= 15 is 0 Å². The Morgan fingerprint density at radius 1 is 1.08 bits per heavy atom. The molecule has 204 valence electrons. The van der Waals surface area contributed by atoms with Gasteiger partial charge in [-0.3, -0.25) is 9.59 Å². The molecule has 0 unspecified atom stereocenters. The van der Waals surface area contributed by atoms with Gasteiger partial charge in [0.05, 0.1) is 24.1 Å². The molecular weight excluding hydrogens is 510 g/mol. The standard InChI is InChI=1S/C26H27F4N3O5/c1-25(2,3)21(34)14-38-22-12-19(32-33(22)20-11-7-6-10-17(20)27)24(37)31-18(13-23(35)36)15-8-4-5-9-16(15)26(28,29)30/h4-12,18,21,34H,13-14H2,1-3H3,(H,31,37)(H,35,36)/t18-,21-/m0/s1. The number of carboxylic acids is 1. The van der Waals surface area contributed by atoms with Gasteiger partial charge >= 0.3 is 12.1 Å². The number of aliphatic hydroxyl groups is 1. The van der Waals surface area contributed by atoms with Crippen LogP contribution in [0.5, 0.6) is 5.88 Å². The fourth-order valence-corrected chi connectivity index (χ4v) is 3.49. The second-order valence-electron chi connectivity index (χ2n) is 9.63. The zero-order chi connectivity index (χ0) is 28.3. The predicted octanol–water partition coefficient (Wildman–Crippen LogP) is 4.76. The smallest absolute Gasteiger partial charge is 0.416 e. The van der Waals surface area contributed by atoms with Crippen LogP contribution in [0.2, 0.25) is 0 Å². The number of carboxylic acid groups (broad SMARTS) is 1. The minimum absolute atomic E-state index is 0.0868. The van der Waals surface area contributed by atoms with E-state index in [0.29, 0.717) is 0 Å². The molecule has 0 aliphatic carbocycles. The zero-order valence-electron chi connectivity index (χ0n) is 20.8. The molecule has 8 nitrogen and oxygen atoms in total. The SMILES string of the molecule is CC(C)(C)[C@@H](O)COc1cc(C(=O)N[C@@H](CC(=O)O)c2ccccc2C(F)(F)F)nn1-c1ccccc1F. The number of rotatable bonds is 9. The van der Waals surface area contributed by atoms with Crippen molar-refractivity contribution < 1.29 is 42.1 Å². The van der Waals surface area contributed by atoms with Gasteiger partial charge in [0.25, 0.3) is 5.91 Å². The largest absolute Gasteiger partial charge is 0.481 e. The van der Waals surface area contributed by atoms with Crippen LogP contribution < -0.4 is 10.1 Å². The Bertz CT molecular complexity index is 1300. The highest BCUT2D eigenvalue weighted by atomic mass is 19.4. The lowest BCUT2D eigenvalue weighted by atomic mass is 9.90. The van der Waals surface area contributed by atoms with Crippen molar-refractivity contribution in [2.45, 2.75) is 45.5 Å². The highest BCUT2D eigenvalue weighted by Gasteiger charge is 2.36. The number of aromatic nitrogens is 2. The van der Waals surface area contributed by atoms with Gasteiger partial charge in [-0.1, -0.05) is 51.1 Å². The second-order valence-corrected chi connectivity index (χ2v) is 9.63. The van der Waals surface area contributed by atoms with E-state index < -0.39 is 59.0 Å². The molecule has 1 amide bonds. The first kappa shape index (κ1) is 28.6. The average molecular weight is 538 g/mol. The van der Waals surface area contributed by atoms with Gasteiger partial charge in [0.1, 0.15) is 18.1 Å². The number of nitrogens with one attached hydrogen (secondary N) is 1. The first-order valence-corrected chi connectivity index (χ1v) is 11.5. The quantitative estimate of drug-likeness (QED) is 0.339. The number of ether oxygens (including phenoxy) is 1. The number of para-hydroxylation sites is 1. The number of benzene rings is 2. The number of carbonyl (C=O) groups excluding carboxylic acids is 1. The van der Waals surface area contributed by atoms with Crippen molar-refractivity contribution in [3.8, 4) is 11.6 Å². The molecule has 2 atom stereocenters. The third kappa shape index (κ3) is 6.88. The van der Waals surface area contributed by atoms with Crippen molar-refractivity contribution in [3.63, 3.8) is 0 Å². The summed E-state index contributed by atoms with van der Waals surface area (Å²) >= 11 is 0. The molecule has 0 radical (unpaired) electrons. The molecular formula is C26H27F4N3O5. The lowest BCUT2D eigenvalue weighted by Gasteiger charge is -2.25. The molecule has 0 spiro atoms. The molecule has 38 heavy (non-hydrogen) atoms. The number of hydrogen-bond donors (Lipinski definition) is 3. The molecule has 0 fully saturated rings. The molecule has 0 saturated carbocycles. The first-order valence-electron chi connectivity index (χ1n) is 11.5. The summed E-state index contributed by atoms with van der Waals surface area (Å²) in [6, 6.07) is 9.37. The highest BCUT2D eigenvalue weighted by Crippen LogP contribution is 2.35. The number of alkyl halides is 3. The van der Waals surface area contributed by atoms with Crippen LogP contribution in [0.1, 0.15) is 54.8 Å². The summed E-state index contributed by atoms with van der Waals surface area (Å²) < 4.78 is 61.9. The van der Waals surface area contributed by atoms with Crippen molar-refractivity contribution in [2.75, 3.05) is 6.61 Å². The van der Waals surface area contributed by atoms with E-state index in [9.17, 15) is 37.4 Å². The van der Waals surface area contributed by atoms with Crippen molar-refractivity contribution in [3.05, 3.63) is 77.2 Å². The number of nitrogens with zero attached hydrogens (tertiary/aromatic N) is 2. The Balaban J connectivity index is 1.99. The number of hydrogen-bond acceptors (Lipinski definition) is 5. The molecule has 1 heterocycles. The van der Waals surface area contributed by atoms with E-state index in [1.165, 1.54) is 24.3 Å². The second kappa shape index (κ2) is 11.2. The van der Waals surface area contributed by atoms with Gasteiger partial charge < -0.3 is 20.3 Å². The predicted molar refractivity (Wildman–Crippen MR) is 128 cm³/mol.